The predicted octanol–water partition coefficient (Wildman–Crippen LogP) is -0.909. The van der Waals surface area contributed by atoms with Crippen LogP contribution in [0.25, 0.3) is 0 Å². The number of Topliss-reactive ketones (excluding diaryl/α,β-unsaturated/α-hetero) is 1. The zero-order chi connectivity index (χ0) is 9.56. The first kappa shape index (κ1) is 10.2. The van der Waals surface area contributed by atoms with Gasteiger partial charge >= 0.3 is 12.2 Å². The molecule has 68 valence electrons. The zero-order valence-electron chi connectivity index (χ0n) is 6.03. The maximum Gasteiger partial charge on any atom is 0.405 e. The Morgan fingerprint density at radius 1 is 0.917 bits per heavy atom. The first-order valence-electron chi connectivity index (χ1n) is 2.97. The molecular weight excluding hydrogens is 168 g/mol. The van der Waals surface area contributed by atoms with Crippen LogP contribution in [-0.4, -0.2) is 41.3 Å². The van der Waals surface area contributed by atoms with E-state index in [0.717, 1.165) is 0 Å². The Hall–Kier alpha value is -1.79. The molecule has 0 saturated heterocycles. The van der Waals surface area contributed by atoms with Gasteiger partial charge in [-0.1, -0.05) is 0 Å². The van der Waals surface area contributed by atoms with E-state index in [4.69, 9.17) is 10.2 Å². The van der Waals surface area contributed by atoms with Crippen molar-refractivity contribution in [1.82, 2.24) is 10.6 Å². The molecule has 4 N–H and O–H groups in total. The SMILES string of the molecule is O=C(CNC(=O)O)CNC(=O)O. The van der Waals surface area contributed by atoms with Gasteiger partial charge < -0.3 is 20.8 Å². The van der Waals surface area contributed by atoms with Crippen molar-refractivity contribution in [3.63, 3.8) is 0 Å². The maximum absolute atomic E-state index is 10.6. The van der Waals surface area contributed by atoms with Crippen molar-refractivity contribution in [3.05, 3.63) is 0 Å². The standard InChI is InChI=1S/C5H8N2O5/c8-3(1-6-4(9)10)2-7-5(11)12/h6-7H,1-2H2,(H,9,10)(H,11,12). The van der Waals surface area contributed by atoms with E-state index in [0.29, 0.717) is 0 Å². The van der Waals surface area contributed by atoms with E-state index >= 15 is 0 Å². The molecule has 0 radical (unpaired) electrons. The van der Waals surface area contributed by atoms with Gasteiger partial charge in [0, 0.05) is 0 Å². The third kappa shape index (κ3) is 6.33. The lowest BCUT2D eigenvalue weighted by Gasteiger charge is -1.99. The zero-order valence-corrected chi connectivity index (χ0v) is 6.03. The van der Waals surface area contributed by atoms with Crippen LogP contribution in [0.4, 0.5) is 9.59 Å². The van der Waals surface area contributed by atoms with Gasteiger partial charge in [-0.05, 0) is 0 Å². The molecular formula is C5H8N2O5. The van der Waals surface area contributed by atoms with E-state index in [1.54, 1.807) is 10.6 Å². The Morgan fingerprint density at radius 2 is 1.25 bits per heavy atom. The van der Waals surface area contributed by atoms with Crippen molar-refractivity contribution >= 4 is 18.0 Å². The molecule has 0 saturated carbocycles. The minimum absolute atomic E-state index is 0.393. The molecule has 0 aliphatic heterocycles. The normalized spacial score (nSPS) is 8.67. The Kier molecular flexibility index (Phi) is 4.20. The number of carbonyl (C=O) groups is 3. The van der Waals surface area contributed by atoms with Crippen molar-refractivity contribution in [2.24, 2.45) is 0 Å². The lowest BCUT2D eigenvalue weighted by atomic mass is 10.4. The largest absolute Gasteiger partial charge is 0.465 e. The summed E-state index contributed by atoms with van der Waals surface area (Å²) in [6.45, 7) is -0.786. The lowest BCUT2D eigenvalue weighted by Crippen LogP contribution is -2.35. The number of rotatable bonds is 4. The number of carbonyl (C=O) groups excluding carboxylic acids is 1. The molecule has 2 amide bonds. The monoisotopic (exact) mass is 176 g/mol. The highest BCUT2D eigenvalue weighted by Crippen LogP contribution is 1.69. The number of nitrogens with one attached hydrogen (secondary N) is 2. The van der Waals surface area contributed by atoms with Crippen LogP contribution < -0.4 is 10.6 Å². The molecule has 0 aromatic rings. The molecule has 0 heterocycles. The van der Waals surface area contributed by atoms with Crippen LogP contribution >= 0.6 is 0 Å². The van der Waals surface area contributed by atoms with Gasteiger partial charge in [0.1, 0.15) is 0 Å². The van der Waals surface area contributed by atoms with E-state index in [9.17, 15) is 14.4 Å². The number of hydrogen-bond donors (Lipinski definition) is 4. The fraction of sp³-hybridized carbons (Fsp3) is 0.400. The van der Waals surface area contributed by atoms with Crippen molar-refractivity contribution in [1.29, 1.82) is 0 Å². The predicted molar refractivity (Wildman–Crippen MR) is 37.1 cm³/mol. The summed E-state index contributed by atoms with van der Waals surface area (Å²) in [5.74, 6) is -0.542. The van der Waals surface area contributed by atoms with Gasteiger partial charge in [0.2, 0.25) is 0 Å². The minimum atomic E-state index is -1.32. The Bertz CT molecular complexity index is 182. The number of ketones is 1. The third-order valence-corrected chi connectivity index (χ3v) is 0.874. The molecule has 7 heteroatoms. The van der Waals surface area contributed by atoms with E-state index in [-0.39, 0.29) is 0 Å². The molecule has 0 atom stereocenters. The van der Waals surface area contributed by atoms with Crippen LogP contribution in [0, 0.1) is 0 Å². The van der Waals surface area contributed by atoms with E-state index < -0.39 is 31.1 Å². The second kappa shape index (κ2) is 4.94. The Morgan fingerprint density at radius 3 is 1.50 bits per heavy atom. The van der Waals surface area contributed by atoms with Gasteiger partial charge in [0.15, 0.2) is 5.78 Å². The molecule has 0 rings (SSSR count). The van der Waals surface area contributed by atoms with Gasteiger partial charge in [-0.2, -0.15) is 0 Å². The van der Waals surface area contributed by atoms with Gasteiger partial charge in [0.25, 0.3) is 0 Å². The highest BCUT2D eigenvalue weighted by molar-refractivity contribution is 5.87. The first-order chi connectivity index (χ1) is 5.52. The third-order valence-electron chi connectivity index (χ3n) is 0.874. The second-order valence-electron chi connectivity index (χ2n) is 1.86. The summed E-state index contributed by atoms with van der Waals surface area (Å²) in [7, 11) is 0. The van der Waals surface area contributed by atoms with Crippen molar-refractivity contribution < 1.29 is 24.6 Å². The highest BCUT2D eigenvalue weighted by Gasteiger charge is 2.04. The fourth-order valence-electron chi connectivity index (χ4n) is 0.411. The van der Waals surface area contributed by atoms with Crippen LogP contribution in [0.5, 0.6) is 0 Å². The summed E-state index contributed by atoms with van der Waals surface area (Å²) in [5, 5.41) is 19.7. The van der Waals surface area contributed by atoms with Gasteiger partial charge in [-0.3, -0.25) is 4.79 Å². The molecule has 0 aromatic carbocycles. The fourth-order valence-corrected chi connectivity index (χ4v) is 0.411. The molecule has 0 aromatic heterocycles. The molecule has 0 spiro atoms. The highest BCUT2D eigenvalue weighted by atomic mass is 16.4. The summed E-state index contributed by atoms with van der Waals surface area (Å²) in [5.41, 5.74) is 0. The smallest absolute Gasteiger partial charge is 0.405 e. The van der Waals surface area contributed by atoms with E-state index in [1.807, 2.05) is 0 Å². The number of hydrogen-bond acceptors (Lipinski definition) is 3. The van der Waals surface area contributed by atoms with Crippen LogP contribution in [-0.2, 0) is 4.79 Å². The van der Waals surface area contributed by atoms with Crippen LogP contribution in [0.1, 0.15) is 0 Å². The lowest BCUT2D eigenvalue weighted by molar-refractivity contribution is -0.117. The van der Waals surface area contributed by atoms with E-state index in [1.165, 1.54) is 0 Å². The molecule has 0 fully saturated rings. The quantitative estimate of drug-likeness (QED) is 0.442. The average Bonchev–Trinajstić information content (AvgIpc) is 1.96. The van der Waals surface area contributed by atoms with Crippen LogP contribution in [0.15, 0.2) is 0 Å². The van der Waals surface area contributed by atoms with Gasteiger partial charge in [0.05, 0.1) is 13.1 Å². The second-order valence-corrected chi connectivity index (χ2v) is 1.86. The summed E-state index contributed by atoms with van der Waals surface area (Å²) in [6, 6.07) is 0. The summed E-state index contributed by atoms with van der Waals surface area (Å²) in [4.78, 5) is 30.3. The summed E-state index contributed by atoms with van der Waals surface area (Å²) in [6.07, 6.45) is -2.64. The Balaban J connectivity index is 3.47. The molecule has 0 aliphatic rings. The van der Waals surface area contributed by atoms with Crippen LogP contribution in [0.3, 0.4) is 0 Å². The van der Waals surface area contributed by atoms with Crippen molar-refractivity contribution in [2.45, 2.75) is 0 Å². The topological polar surface area (TPSA) is 116 Å². The molecule has 0 unspecified atom stereocenters. The summed E-state index contributed by atoms with van der Waals surface area (Å²) >= 11 is 0. The molecule has 0 aliphatic carbocycles. The van der Waals surface area contributed by atoms with E-state index in [2.05, 4.69) is 0 Å². The van der Waals surface area contributed by atoms with Crippen molar-refractivity contribution in [3.8, 4) is 0 Å². The average molecular weight is 176 g/mol. The Labute approximate surface area is 67.4 Å². The van der Waals surface area contributed by atoms with Gasteiger partial charge in [-0.15, -0.1) is 0 Å². The number of carboxylic acid groups (broad SMARTS) is 2. The van der Waals surface area contributed by atoms with Gasteiger partial charge in [-0.25, -0.2) is 9.59 Å². The summed E-state index contributed by atoms with van der Waals surface area (Å²) < 4.78 is 0. The minimum Gasteiger partial charge on any atom is -0.465 e. The first-order valence-corrected chi connectivity index (χ1v) is 2.97. The molecule has 0 bridgehead atoms. The maximum atomic E-state index is 10.6. The molecule has 7 nitrogen and oxygen atoms in total. The molecule has 12 heavy (non-hydrogen) atoms. The number of amides is 2. The van der Waals surface area contributed by atoms with Crippen molar-refractivity contribution in [2.75, 3.05) is 13.1 Å². The van der Waals surface area contributed by atoms with Crippen LogP contribution in [0.2, 0.25) is 0 Å².